The van der Waals surface area contributed by atoms with Gasteiger partial charge in [-0.15, -0.1) is 0 Å². The number of rotatable bonds is 1. The predicted molar refractivity (Wildman–Crippen MR) is 41.0 cm³/mol. The van der Waals surface area contributed by atoms with Crippen LogP contribution in [-0.2, 0) is 0 Å². The molecule has 0 unspecified atom stereocenters. The molecule has 0 radical (unpaired) electrons. The van der Waals surface area contributed by atoms with Gasteiger partial charge in [-0.1, -0.05) is 12.1 Å². The van der Waals surface area contributed by atoms with Gasteiger partial charge in [-0.3, -0.25) is 0 Å². The molecule has 0 saturated heterocycles. The van der Waals surface area contributed by atoms with E-state index in [1.165, 1.54) is 0 Å². The van der Waals surface area contributed by atoms with E-state index in [0.717, 1.165) is 18.2 Å². The number of hydrogen-bond acceptors (Lipinski definition) is 2. The monoisotopic (exact) mass is 209 g/mol. The molecule has 2 nitrogen and oxygen atoms in total. The van der Waals surface area contributed by atoms with Crippen LogP contribution in [0.4, 0.5) is 17.6 Å². The van der Waals surface area contributed by atoms with Gasteiger partial charge in [0.15, 0.2) is 11.6 Å². The third-order valence-corrected chi connectivity index (χ3v) is 1.71. The number of aromatic hydroxyl groups is 1. The smallest absolute Gasteiger partial charge is 0.407 e. The highest BCUT2D eigenvalue weighted by Gasteiger charge is 2.39. The van der Waals surface area contributed by atoms with Gasteiger partial charge in [-0.05, 0) is 6.07 Å². The number of phenolic OH excluding ortho intramolecular Hbond substituents is 1. The number of para-hydroxylation sites is 1. The van der Waals surface area contributed by atoms with Crippen molar-refractivity contribution < 1.29 is 22.7 Å². The van der Waals surface area contributed by atoms with Crippen LogP contribution < -0.4 is 5.73 Å². The van der Waals surface area contributed by atoms with Crippen LogP contribution in [0.3, 0.4) is 0 Å². The van der Waals surface area contributed by atoms with Crippen molar-refractivity contribution in [1.82, 2.24) is 0 Å². The first-order chi connectivity index (χ1) is 6.34. The first kappa shape index (κ1) is 10.8. The van der Waals surface area contributed by atoms with Crippen molar-refractivity contribution in [3.8, 4) is 5.75 Å². The van der Waals surface area contributed by atoms with Crippen LogP contribution in [-0.4, -0.2) is 11.3 Å². The largest absolute Gasteiger partial charge is 0.505 e. The molecule has 78 valence electrons. The zero-order valence-electron chi connectivity index (χ0n) is 6.85. The van der Waals surface area contributed by atoms with E-state index in [1.54, 1.807) is 0 Å². The van der Waals surface area contributed by atoms with Crippen LogP contribution >= 0.6 is 0 Å². The van der Waals surface area contributed by atoms with Crippen LogP contribution in [0.1, 0.15) is 11.6 Å². The molecular formula is C8H7F4NO. The highest BCUT2D eigenvalue weighted by Crippen LogP contribution is 2.35. The first-order valence-electron chi connectivity index (χ1n) is 3.63. The predicted octanol–water partition coefficient (Wildman–Crippen LogP) is 2.09. The average Bonchev–Trinajstić information content (AvgIpc) is 2.07. The zero-order valence-corrected chi connectivity index (χ0v) is 6.85. The fraction of sp³-hybridized carbons (Fsp3) is 0.250. The molecule has 0 bridgehead atoms. The second-order valence-corrected chi connectivity index (χ2v) is 2.70. The van der Waals surface area contributed by atoms with Gasteiger partial charge in [0.2, 0.25) is 0 Å². The van der Waals surface area contributed by atoms with Gasteiger partial charge in [0, 0.05) is 5.56 Å². The fourth-order valence-corrected chi connectivity index (χ4v) is 0.959. The van der Waals surface area contributed by atoms with Crippen LogP contribution in [0, 0.1) is 5.82 Å². The minimum absolute atomic E-state index is 0.669. The van der Waals surface area contributed by atoms with E-state index >= 15 is 0 Å². The van der Waals surface area contributed by atoms with Crippen LogP contribution in [0.25, 0.3) is 0 Å². The molecule has 0 aliphatic heterocycles. The number of hydrogen-bond donors (Lipinski definition) is 2. The molecule has 14 heavy (non-hydrogen) atoms. The zero-order chi connectivity index (χ0) is 10.9. The first-order valence-corrected chi connectivity index (χ1v) is 3.63. The summed E-state index contributed by atoms with van der Waals surface area (Å²) in [4.78, 5) is 0. The molecule has 0 aromatic heterocycles. The molecule has 1 atom stereocenters. The third kappa shape index (κ3) is 1.95. The highest BCUT2D eigenvalue weighted by atomic mass is 19.4. The average molecular weight is 209 g/mol. The number of halogens is 4. The molecule has 0 aliphatic carbocycles. The normalized spacial score (nSPS) is 14.1. The highest BCUT2D eigenvalue weighted by molar-refractivity contribution is 5.36. The van der Waals surface area contributed by atoms with Crippen LogP contribution in [0.15, 0.2) is 18.2 Å². The lowest BCUT2D eigenvalue weighted by molar-refractivity contribution is -0.149. The Morgan fingerprint density at radius 3 is 2.36 bits per heavy atom. The topological polar surface area (TPSA) is 46.2 Å². The van der Waals surface area contributed by atoms with Crippen molar-refractivity contribution in [1.29, 1.82) is 0 Å². The molecule has 0 saturated carbocycles. The summed E-state index contributed by atoms with van der Waals surface area (Å²) in [5.41, 5.74) is 4.12. The van der Waals surface area contributed by atoms with Gasteiger partial charge in [-0.25, -0.2) is 4.39 Å². The maximum absolute atomic E-state index is 12.7. The molecule has 0 heterocycles. The van der Waals surface area contributed by atoms with Crippen LogP contribution in [0.5, 0.6) is 5.75 Å². The molecule has 1 aromatic rings. The minimum Gasteiger partial charge on any atom is -0.505 e. The summed E-state index contributed by atoms with van der Waals surface area (Å²) in [6, 6.07) is 0.451. The molecule has 0 aliphatic rings. The standard InChI is InChI=1S/C8H7F4NO/c9-5-3-1-2-4(6(5)14)7(13)8(10,11)12/h1-3,7,14H,13H2/t7-/m0/s1. The quantitative estimate of drug-likeness (QED) is 0.695. The van der Waals surface area contributed by atoms with Crippen molar-refractivity contribution in [3.63, 3.8) is 0 Å². The molecule has 0 spiro atoms. The Morgan fingerprint density at radius 1 is 1.29 bits per heavy atom. The maximum atomic E-state index is 12.7. The summed E-state index contributed by atoms with van der Waals surface area (Å²) in [5.74, 6) is -2.18. The van der Waals surface area contributed by atoms with E-state index in [4.69, 9.17) is 10.8 Å². The molecule has 3 N–H and O–H groups in total. The third-order valence-electron chi connectivity index (χ3n) is 1.71. The van der Waals surface area contributed by atoms with E-state index in [2.05, 4.69) is 0 Å². The van der Waals surface area contributed by atoms with Crippen molar-refractivity contribution >= 4 is 0 Å². The van der Waals surface area contributed by atoms with E-state index in [-0.39, 0.29) is 0 Å². The van der Waals surface area contributed by atoms with Crippen molar-refractivity contribution in [3.05, 3.63) is 29.6 Å². The van der Waals surface area contributed by atoms with Gasteiger partial charge in [0.1, 0.15) is 6.04 Å². The lowest BCUT2D eigenvalue weighted by Crippen LogP contribution is -2.28. The number of phenols is 1. The number of alkyl halides is 3. The Bertz CT molecular complexity index is 337. The van der Waals surface area contributed by atoms with E-state index in [1.807, 2.05) is 0 Å². The van der Waals surface area contributed by atoms with Crippen molar-refractivity contribution in [2.45, 2.75) is 12.2 Å². The molecule has 1 rings (SSSR count). The molecule has 1 aromatic carbocycles. The summed E-state index contributed by atoms with van der Waals surface area (Å²) < 4.78 is 48.9. The Morgan fingerprint density at radius 2 is 1.86 bits per heavy atom. The summed E-state index contributed by atoms with van der Waals surface area (Å²) in [6.45, 7) is 0. The molecule has 0 fully saturated rings. The van der Waals surface area contributed by atoms with Gasteiger partial charge < -0.3 is 10.8 Å². The van der Waals surface area contributed by atoms with E-state index < -0.39 is 29.3 Å². The summed E-state index contributed by atoms with van der Waals surface area (Å²) >= 11 is 0. The molecular weight excluding hydrogens is 202 g/mol. The van der Waals surface area contributed by atoms with Gasteiger partial charge >= 0.3 is 6.18 Å². The Labute approximate surface area is 77.0 Å². The minimum atomic E-state index is -4.70. The number of benzene rings is 1. The summed E-state index contributed by atoms with van der Waals surface area (Å²) in [6.07, 6.45) is -4.70. The van der Waals surface area contributed by atoms with Gasteiger partial charge in [0.25, 0.3) is 0 Å². The van der Waals surface area contributed by atoms with Crippen molar-refractivity contribution in [2.75, 3.05) is 0 Å². The van der Waals surface area contributed by atoms with Crippen LogP contribution in [0.2, 0.25) is 0 Å². The molecule has 0 amide bonds. The van der Waals surface area contributed by atoms with Gasteiger partial charge in [0.05, 0.1) is 0 Å². The SMILES string of the molecule is N[C@@H](c1cccc(F)c1O)C(F)(F)F. The Kier molecular flexibility index (Phi) is 2.66. The summed E-state index contributed by atoms with van der Waals surface area (Å²) in [5, 5.41) is 8.98. The van der Waals surface area contributed by atoms with Gasteiger partial charge in [-0.2, -0.15) is 13.2 Å². The fourth-order valence-electron chi connectivity index (χ4n) is 0.959. The lowest BCUT2D eigenvalue weighted by Gasteiger charge is -2.16. The molecule has 6 heteroatoms. The Balaban J connectivity index is 3.14. The maximum Gasteiger partial charge on any atom is 0.407 e. The Hall–Kier alpha value is -1.30. The second-order valence-electron chi connectivity index (χ2n) is 2.70. The van der Waals surface area contributed by atoms with Crippen molar-refractivity contribution in [2.24, 2.45) is 5.73 Å². The van der Waals surface area contributed by atoms with E-state index in [9.17, 15) is 17.6 Å². The number of nitrogens with two attached hydrogens (primary N) is 1. The summed E-state index contributed by atoms with van der Waals surface area (Å²) in [7, 11) is 0. The van der Waals surface area contributed by atoms with E-state index in [0.29, 0.717) is 0 Å². The lowest BCUT2D eigenvalue weighted by atomic mass is 10.1. The second kappa shape index (κ2) is 3.45.